The van der Waals surface area contributed by atoms with Gasteiger partial charge in [0.25, 0.3) is 0 Å². The zero-order chi connectivity index (χ0) is 13.6. The summed E-state index contributed by atoms with van der Waals surface area (Å²) in [6.07, 6.45) is 6.75. The van der Waals surface area contributed by atoms with Gasteiger partial charge < -0.3 is 4.57 Å². The number of rotatable bonds is 2. The van der Waals surface area contributed by atoms with E-state index in [1.807, 2.05) is 24.9 Å². The molecule has 0 radical (unpaired) electrons. The first-order valence-electron chi connectivity index (χ1n) is 6.46. The van der Waals surface area contributed by atoms with Gasteiger partial charge in [-0.25, -0.2) is 0 Å². The van der Waals surface area contributed by atoms with Crippen molar-refractivity contribution in [2.45, 2.75) is 32.7 Å². The maximum Gasteiger partial charge on any atom is 0.164 e. The molecule has 2 aromatic rings. The summed E-state index contributed by atoms with van der Waals surface area (Å²) < 4.78 is 5.03. The number of aromatic nitrogens is 3. The monoisotopic (exact) mass is 321 g/mol. The van der Waals surface area contributed by atoms with Crippen LogP contribution in [0.5, 0.6) is 0 Å². The Labute approximate surface area is 120 Å². The maximum absolute atomic E-state index is 11.8. The average molecular weight is 322 g/mol. The number of hydrogen-bond acceptors (Lipinski definition) is 2. The van der Waals surface area contributed by atoms with Gasteiger partial charge in [-0.1, -0.05) is 0 Å². The molecule has 5 heteroatoms. The Bertz CT molecular complexity index is 654. The molecular weight excluding hydrogens is 306 g/mol. The summed E-state index contributed by atoms with van der Waals surface area (Å²) in [7, 11) is 1.95. The predicted molar refractivity (Wildman–Crippen MR) is 76.4 cm³/mol. The van der Waals surface area contributed by atoms with Crippen molar-refractivity contribution < 1.29 is 4.79 Å². The number of Topliss-reactive ketones (excluding diaryl/α,β-unsaturated/α-hetero) is 1. The lowest BCUT2D eigenvalue weighted by molar-refractivity contribution is 0.0973. The van der Waals surface area contributed by atoms with Crippen LogP contribution in [0.4, 0.5) is 0 Å². The number of halogens is 1. The van der Waals surface area contributed by atoms with Crippen molar-refractivity contribution in [3.05, 3.63) is 39.4 Å². The molecule has 1 aliphatic carbocycles. The largest absolute Gasteiger partial charge is 0.347 e. The molecule has 0 aromatic carbocycles. The van der Waals surface area contributed by atoms with Gasteiger partial charge in [-0.05, 0) is 41.3 Å². The zero-order valence-corrected chi connectivity index (χ0v) is 12.7. The van der Waals surface area contributed by atoms with Crippen LogP contribution in [-0.4, -0.2) is 20.1 Å². The van der Waals surface area contributed by atoms with Crippen LogP contribution in [0.2, 0.25) is 0 Å². The van der Waals surface area contributed by atoms with Gasteiger partial charge in [0.1, 0.15) is 0 Å². The summed E-state index contributed by atoms with van der Waals surface area (Å²) in [6.45, 7) is 2.72. The summed E-state index contributed by atoms with van der Waals surface area (Å²) >= 11 is 3.58. The van der Waals surface area contributed by atoms with Crippen molar-refractivity contribution in [2.24, 2.45) is 7.05 Å². The Morgan fingerprint density at radius 3 is 2.79 bits per heavy atom. The molecule has 0 amide bonds. The number of aryl methyl sites for hydroxylation is 3. The minimum atomic E-state index is 0.278. The van der Waals surface area contributed by atoms with Gasteiger partial charge in [0.05, 0.1) is 22.4 Å². The van der Waals surface area contributed by atoms with Gasteiger partial charge in [0, 0.05) is 31.4 Å². The highest BCUT2D eigenvalue weighted by molar-refractivity contribution is 9.10. The van der Waals surface area contributed by atoms with Crippen molar-refractivity contribution in [2.75, 3.05) is 0 Å². The SMILES string of the molecule is Cc1nn(C)c(Cn2cc3c(c2)C(=O)CCC3)c1Br. The van der Waals surface area contributed by atoms with Crippen molar-refractivity contribution in [1.82, 2.24) is 14.3 Å². The number of nitrogens with zero attached hydrogens (tertiary/aromatic N) is 3. The van der Waals surface area contributed by atoms with Crippen LogP contribution >= 0.6 is 15.9 Å². The molecule has 0 aliphatic heterocycles. The van der Waals surface area contributed by atoms with Crippen LogP contribution < -0.4 is 0 Å². The van der Waals surface area contributed by atoms with E-state index < -0.39 is 0 Å². The fourth-order valence-electron chi connectivity index (χ4n) is 2.70. The van der Waals surface area contributed by atoms with Gasteiger partial charge in [0.15, 0.2) is 5.78 Å². The first-order chi connectivity index (χ1) is 9.06. The highest BCUT2D eigenvalue weighted by Crippen LogP contribution is 2.25. The summed E-state index contributed by atoms with van der Waals surface area (Å²) in [6, 6.07) is 0. The Morgan fingerprint density at radius 1 is 1.37 bits per heavy atom. The quantitative estimate of drug-likeness (QED) is 0.853. The number of carbonyl (C=O) groups is 1. The predicted octanol–water partition coefficient (Wildman–Crippen LogP) is 2.86. The standard InChI is InChI=1S/C14H16BrN3O/c1-9-14(15)12(17(2)16-9)8-18-6-10-4-3-5-13(19)11(10)7-18/h6-7H,3-5,8H2,1-2H3. The fraction of sp³-hybridized carbons (Fsp3) is 0.429. The van der Waals surface area contributed by atoms with Gasteiger partial charge in [-0.2, -0.15) is 5.10 Å². The van der Waals surface area contributed by atoms with E-state index in [2.05, 4.69) is 31.8 Å². The summed E-state index contributed by atoms with van der Waals surface area (Å²) in [5.74, 6) is 0.278. The average Bonchev–Trinajstić information content (AvgIpc) is 2.88. The van der Waals surface area contributed by atoms with Crippen molar-refractivity contribution in [1.29, 1.82) is 0 Å². The molecule has 0 saturated carbocycles. The maximum atomic E-state index is 11.8. The minimum Gasteiger partial charge on any atom is -0.347 e. The molecule has 2 aromatic heterocycles. The van der Waals surface area contributed by atoms with E-state index >= 15 is 0 Å². The summed E-state index contributed by atoms with van der Waals surface area (Å²) in [5, 5.41) is 4.39. The van der Waals surface area contributed by atoms with Crippen LogP contribution in [0.3, 0.4) is 0 Å². The second kappa shape index (κ2) is 4.63. The smallest absolute Gasteiger partial charge is 0.164 e. The number of fused-ring (bicyclic) bond motifs is 1. The molecule has 0 N–H and O–H groups in total. The molecule has 3 rings (SSSR count). The van der Waals surface area contributed by atoms with Gasteiger partial charge in [-0.15, -0.1) is 0 Å². The molecule has 0 fully saturated rings. The van der Waals surface area contributed by atoms with E-state index in [1.165, 1.54) is 5.56 Å². The Kier molecular flexibility index (Phi) is 3.09. The zero-order valence-electron chi connectivity index (χ0n) is 11.1. The highest BCUT2D eigenvalue weighted by atomic mass is 79.9. The summed E-state index contributed by atoms with van der Waals surface area (Å²) in [5.41, 5.74) is 4.20. The molecule has 0 atom stereocenters. The third-order valence-corrected chi connectivity index (χ3v) is 4.74. The number of carbonyl (C=O) groups excluding carboxylic acids is 1. The molecule has 0 bridgehead atoms. The molecule has 0 spiro atoms. The van der Waals surface area contributed by atoms with Crippen molar-refractivity contribution >= 4 is 21.7 Å². The minimum absolute atomic E-state index is 0.278. The molecule has 0 saturated heterocycles. The Balaban J connectivity index is 1.94. The molecule has 2 heterocycles. The van der Waals surface area contributed by atoms with Crippen LogP contribution in [0, 0.1) is 6.92 Å². The topological polar surface area (TPSA) is 39.8 Å². The van der Waals surface area contributed by atoms with Crippen LogP contribution in [0.15, 0.2) is 16.9 Å². The molecular formula is C14H16BrN3O. The highest BCUT2D eigenvalue weighted by Gasteiger charge is 2.20. The number of hydrogen-bond donors (Lipinski definition) is 0. The van der Waals surface area contributed by atoms with Crippen molar-refractivity contribution in [3.63, 3.8) is 0 Å². The van der Waals surface area contributed by atoms with Crippen LogP contribution in [0.1, 0.15) is 40.2 Å². The molecule has 4 nitrogen and oxygen atoms in total. The normalized spacial score (nSPS) is 14.8. The number of ketones is 1. The molecule has 19 heavy (non-hydrogen) atoms. The van der Waals surface area contributed by atoms with E-state index in [0.717, 1.165) is 40.8 Å². The van der Waals surface area contributed by atoms with E-state index in [1.54, 1.807) is 0 Å². The van der Waals surface area contributed by atoms with E-state index in [0.29, 0.717) is 6.42 Å². The van der Waals surface area contributed by atoms with E-state index in [9.17, 15) is 4.79 Å². The molecule has 100 valence electrons. The second-order valence-corrected chi connectivity index (χ2v) is 5.91. The Morgan fingerprint density at radius 2 is 2.16 bits per heavy atom. The molecule has 0 unspecified atom stereocenters. The van der Waals surface area contributed by atoms with Gasteiger partial charge in [-0.3, -0.25) is 9.48 Å². The first kappa shape index (κ1) is 12.7. The first-order valence-corrected chi connectivity index (χ1v) is 7.25. The second-order valence-electron chi connectivity index (χ2n) is 5.12. The third kappa shape index (κ3) is 2.16. The Hall–Kier alpha value is -1.36. The van der Waals surface area contributed by atoms with Gasteiger partial charge in [0.2, 0.25) is 0 Å². The fourth-order valence-corrected chi connectivity index (χ4v) is 3.16. The van der Waals surface area contributed by atoms with Crippen LogP contribution in [0.25, 0.3) is 0 Å². The molecule has 1 aliphatic rings. The lowest BCUT2D eigenvalue weighted by atomic mass is 9.95. The van der Waals surface area contributed by atoms with E-state index in [-0.39, 0.29) is 5.78 Å². The third-order valence-electron chi connectivity index (χ3n) is 3.71. The van der Waals surface area contributed by atoms with Gasteiger partial charge >= 0.3 is 0 Å². The van der Waals surface area contributed by atoms with Crippen molar-refractivity contribution in [3.8, 4) is 0 Å². The lowest BCUT2D eigenvalue weighted by Gasteiger charge is -2.07. The lowest BCUT2D eigenvalue weighted by Crippen LogP contribution is -2.07. The van der Waals surface area contributed by atoms with E-state index in [4.69, 9.17) is 0 Å². The van der Waals surface area contributed by atoms with Crippen LogP contribution in [-0.2, 0) is 20.0 Å². The summed E-state index contributed by atoms with van der Waals surface area (Å²) in [4.78, 5) is 11.8.